The molecule has 1 atom stereocenters. The molecule has 0 radical (unpaired) electrons. The molecule has 1 aliphatic heterocycles. The van der Waals surface area contributed by atoms with Gasteiger partial charge in [0.25, 0.3) is 0 Å². The summed E-state index contributed by atoms with van der Waals surface area (Å²) in [5.74, 6) is 0.0987. The van der Waals surface area contributed by atoms with Crippen LogP contribution in [0.4, 0.5) is 11.4 Å². The van der Waals surface area contributed by atoms with E-state index in [4.69, 9.17) is 21.8 Å². The summed E-state index contributed by atoms with van der Waals surface area (Å²) in [7, 11) is 0. The van der Waals surface area contributed by atoms with Crippen LogP contribution in [-0.4, -0.2) is 15.9 Å². The Bertz CT molecular complexity index is 2050. The lowest BCUT2D eigenvalue weighted by Crippen LogP contribution is -2.11. The SMILES string of the molecule is C=CC(Nc1cccc2ccc(C(C)=O)nc12)c1c(O)ccc2c(-c3ccccc3N)c3cc(Cl)c(=O)cc-3oc12. The number of aromatic hydroxyl groups is 1. The average molecular weight is 562 g/mol. The molecule has 2 aliphatic rings. The molecule has 0 saturated carbocycles. The summed E-state index contributed by atoms with van der Waals surface area (Å²) in [5, 5.41) is 16.1. The molecule has 0 bridgehead atoms. The van der Waals surface area contributed by atoms with E-state index in [1.54, 1.807) is 36.4 Å². The molecule has 2 heterocycles. The Morgan fingerprint density at radius 2 is 1.88 bits per heavy atom. The third kappa shape index (κ3) is 4.46. The number of ketones is 1. The zero-order valence-corrected chi connectivity index (χ0v) is 22.7. The Morgan fingerprint density at radius 3 is 2.63 bits per heavy atom. The highest BCUT2D eigenvalue weighted by atomic mass is 35.5. The maximum atomic E-state index is 12.5. The van der Waals surface area contributed by atoms with Crippen molar-refractivity contribution in [2.24, 2.45) is 0 Å². The van der Waals surface area contributed by atoms with Crippen LogP contribution in [0, 0.1) is 0 Å². The van der Waals surface area contributed by atoms with Crippen molar-refractivity contribution in [3.05, 3.63) is 118 Å². The van der Waals surface area contributed by atoms with E-state index < -0.39 is 11.5 Å². The minimum absolute atomic E-state index is 0.0427. The number of para-hydroxylation sites is 2. The standard InChI is InChI=1S/C33H24ClN3O4/c1-3-24(36-26-10-6-7-18-11-13-25(17(2)38)37-32(18)26)31-27(39)14-12-20-30(19-8-4-5-9-23(19)35)21-15-22(34)28(40)16-29(21)41-33(20)31/h3-16,24,36,39H,1,35H2,2H3. The molecule has 202 valence electrons. The summed E-state index contributed by atoms with van der Waals surface area (Å²) in [4.78, 5) is 29.1. The Balaban J connectivity index is 1.63. The zero-order valence-electron chi connectivity index (χ0n) is 21.9. The van der Waals surface area contributed by atoms with Gasteiger partial charge >= 0.3 is 0 Å². The highest BCUT2D eigenvalue weighted by molar-refractivity contribution is 6.31. The number of rotatable bonds is 6. The van der Waals surface area contributed by atoms with Crippen LogP contribution in [0.1, 0.15) is 29.0 Å². The van der Waals surface area contributed by atoms with Crippen LogP contribution in [0.25, 0.3) is 44.3 Å². The van der Waals surface area contributed by atoms with Gasteiger partial charge in [0.15, 0.2) is 5.78 Å². The number of pyridine rings is 1. The largest absolute Gasteiger partial charge is 0.507 e. The number of carbonyl (C=O) groups is 1. The van der Waals surface area contributed by atoms with Crippen LogP contribution in [0.5, 0.6) is 5.75 Å². The molecule has 7 nitrogen and oxygen atoms in total. The molecule has 4 aromatic rings. The molecular weight excluding hydrogens is 538 g/mol. The minimum Gasteiger partial charge on any atom is -0.507 e. The predicted molar refractivity (Wildman–Crippen MR) is 164 cm³/mol. The van der Waals surface area contributed by atoms with E-state index in [1.807, 2.05) is 42.5 Å². The van der Waals surface area contributed by atoms with Crippen molar-refractivity contribution in [2.45, 2.75) is 13.0 Å². The van der Waals surface area contributed by atoms with Gasteiger partial charge in [-0.25, -0.2) is 4.98 Å². The van der Waals surface area contributed by atoms with E-state index in [-0.39, 0.29) is 22.3 Å². The van der Waals surface area contributed by atoms with Crippen molar-refractivity contribution >= 4 is 50.6 Å². The average Bonchev–Trinajstić information content (AvgIpc) is 2.96. The van der Waals surface area contributed by atoms with Crippen molar-refractivity contribution in [1.82, 2.24) is 4.98 Å². The second-order valence-electron chi connectivity index (χ2n) is 9.71. The third-order valence-electron chi connectivity index (χ3n) is 7.13. The maximum absolute atomic E-state index is 12.5. The fourth-order valence-corrected chi connectivity index (χ4v) is 5.32. The van der Waals surface area contributed by atoms with Gasteiger partial charge in [-0.05, 0) is 36.4 Å². The number of benzene rings is 4. The number of phenols is 1. The van der Waals surface area contributed by atoms with Crippen molar-refractivity contribution in [3.8, 4) is 28.2 Å². The number of carbonyl (C=O) groups excluding carboxylic acids is 1. The van der Waals surface area contributed by atoms with E-state index in [0.717, 1.165) is 10.9 Å². The minimum atomic E-state index is -0.659. The Labute approximate surface area is 239 Å². The zero-order chi connectivity index (χ0) is 28.8. The molecule has 41 heavy (non-hydrogen) atoms. The van der Waals surface area contributed by atoms with Gasteiger partial charge in [-0.2, -0.15) is 0 Å². The maximum Gasteiger partial charge on any atom is 0.200 e. The molecule has 1 aliphatic carbocycles. The van der Waals surface area contributed by atoms with Crippen LogP contribution in [-0.2, 0) is 0 Å². The molecule has 4 N–H and O–H groups in total. The topological polar surface area (TPSA) is 118 Å². The van der Waals surface area contributed by atoms with Crippen LogP contribution in [0.15, 0.2) is 101 Å². The molecule has 0 spiro atoms. The van der Waals surface area contributed by atoms with Gasteiger partial charge in [-0.3, -0.25) is 9.59 Å². The molecule has 8 heteroatoms. The predicted octanol–water partition coefficient (Wildman–Crippen LogP) is 7.60. The van der Waals surface area contributed by atoms with E-state index in [2.05, 4.69) is 16.9 Å². The summed E-state index contributed by atoms with van der Waals surface area (Å²) < 4.78 is 6.35. The molecular formula is C33H24ClN3O4. The van der Waals surface area contributed by atoms with Crippen molar-refractivity contribution in [1.29, 1.82) is 0 Å². The van der Waals surface area contributed by atoms with Crippen molar-refractivity contribution < 1.29 is 14.3 Å². The number of nitrogens with one attached hydrogen (secondary N) is 1. The number of phenolic OH excluding ortho intramolecular Hbond substituents is 1. The smallest absolute Gasteiger partial charge is 0.200 e. The molecule has 1 unspecified atom stereocenters. The first kappa shape index (κ1) is 26.1. The summed E-state index contributed by atoms with van der Waals surface area (Å²) >= 11 is 6.26. The number of hydrogen-bond donors (Lipinski definition) is 3. The van der Waals surface area contributed by atoms with Gasteiger partial charge in [0.1, 0.15) is 22.8 Å². The lowest BCUT2D eigenvalue weighted by atomic mass is 9.90. The van der Waals surface area contributed by atoms with E-state index in [1.165, 1.54) is 13.0 Å². The number of nitrogen functional groups attached to an aromatic ring is 1. The first-order valence-corrected chi connectivity index (χ1v) is 13.2. The summed E-state index contributed by atoms with van der Waals surface area (Å²) in [5.41, 5.74) is 10.9. The number of anilines is 2. The normalized spacial score (nSPS) is 12.0. The number of fused-ring (bicyclic) bond motifs is 3. The molecule has 0 saturated heterocycles. The lowest BCUT2D eigenvalue weighted by molar-refractivity contribution is 0.101. The first-order chi connectivity index (χ1) is 19.8. The molecule has 6 rings (SSSR count). The molecule has 0 fully saturated rings. The van der Waals surface area contributed by atoms with Crippen LogP contribution in [0.3, 0.4) is 0 Å². The summed E-state index contributed by atoms with van der Waals surface area (Å²) in [6.45, 7) is 5.48. The van der Waals surface area contributed by atoms with E-state index in [9.17, 15) is 14.7 Å². The Kier molecular flexibility index (Phi) is 6.44. The number of nitrogens with zero attached hydrogens (tertiary/aromatic N) is 1. The fourth-order valence-electron chi connectivity index (χ4n) is 5.16. The summed E-state index contributed by atoms with van der Waals surface area (Å²) in [6.07, 6.45) is 1.64. The Morgan fingerprint density at radius 1 is 1.07 bits per heavy atom. The molecule has 1 aromatic heterocycles. The quantitative estimate of drug-likeness (QED) is 0.0829. The number of hydrogen-bond acceptors (Lipinski definition) is 7. The van der Waals surface area contributed by atoms with Crippen LogP contribution >= 0.6 is 11.6 Å². The van der Waals surface area contributed by atoms with Gasteiger partial charge in [0.2, 0.25) is 5.43 Å². The molecule has 0 amide bonds. The lowest BCUT2D eigenvalue weighted by Gasteiger charge is -2.23. The highest BCUT2D eigenvalue weighted by Crippen LogP contribution is 2.46. The van der Waals surface area contributed by atoms with Crippen molar-refractivity contribution in [2.75, 3.05) is 11.1 Å². The van der Waals surface area contributed by atoms with Crippen LogP contribution < -0.4 is 16.5 Å². The van der Waals surface area contributed by atoms with Gasteiger partial charge in [0.05, 0.1) is 27.8 Å². The van der Waals surface area contributed by atoms with Gasteiger partial charge in [0, 0.05) is 46.1 Å². The Hall–Kier alpha value is -5.14. The molecule has 3 aromatic carbocycles. The number of halogens is 1. The van der Waals surface area contributed by atoms with E-state index in [0.29, 0.717) is 50.2 Å². The van der Waals surface area contributed by atoms with Crippen LogP contribution in [0.2, 0.25) is 5.02 Å². The monoisotopic (exact) mass is 561 g/mol. The second kappa shape index (κ2) is 10.1. The summed E-state index contributed by atoms with van der Waals surface area (Å²) in [6, 6.07) is 22.1. The number of Topliss-reactive ketones (excluding diaryl/α,β-unsaturated/α-hetero) is 1. The number of aromatic nitrogens is 1. The second-order valence-corrected chi connectivity index (χ2v) is 10.1. The van der Waals surface area contributed by atoms with E-state index >= 15 is 0 Å². The third-order valence-corrected chi connectivity index (χ3v) is 7.42. The fraction of sp³-hybridized carbons (Fsp3) is 0.0606. The van der Waals surface area contributed by atoms with Crippen molar-refractivity contribution in [3.63, 3.8) is 0 Å². The first-order valence-electron chi connectivity index (χ1n) is 12.8. The van der Waals surface area contributed by atoms with Gasteiger partial charge < -0.3 is 20.6 Å². The van der Waals surface area contributed by atoms with Gasteiger partial charge in [-0.15, -0.1) is 6.58 Å². The number of nitrogens with two attached hydrogens (primary N) is 1. The van der Waals surface area contributed by atoms with Gasteiger partial charge in [-0.1, -0.05) is 54.1 Å². The highest BCUT2D eigenvalue weighted by Gasteiger charge is 2.26.